The van der Waals surface area contributed by atoms with Crippen molar-refractivity contribution in [1.82, 2.24) is 0 Å². The highest BCUT2D eigenvalue weighted by Gasteiger charge is 2.58. The normalized spacial score (nSPS) is 54.2. The molecule has 0 aromatic heterocycles. The van der Waals surface area contributed by atoms with E-state index in [1.165, 1.54) is 44.9 Å². The van der Waals surface area contributed by atoms with E-state index in [0.717, 1.165) is 29.1 Å². The molecule has 20 heavy (non-hydrogen) atoms. The second kappa shape index (κ2) is 4.18. The Bertz CT molecular complexity index is 470. The van der Waals surface area contributed by atoms with Crippen LogP contribution in [0.2, 0.25) is 0 Å². The molecule has 0 aromatic rings. The van der Waals surface area contributed by atoms with Gasteiger partial charge in [0.25, 0.3) is 0 Å². The van der Waals surface area contributed by atoms with Crippen LogP contribution in [-0.4, -0.2) is 11.3 Å². The summed E-state index contributed by atoms with van der Waals surface area (Å²) in [6.07, 6.45) is 14.0. The van der Waals surface area contributed by atoms with Gasteiger partial charge in [-0.1, -0.05) is 20.3 Å². The molecule has 110 valence electrons. The van der Waals surface area contributed by atoms with Crippen molar-refractivity contribution < 1.29 is 4.76 Å². The Kier molecular flexibility index (Phi) is 2.72. The number of fused-ring (bicyclic) bond motifs is 5. The highest BCUT2D eigenvalue weighted by molar-refractivity contribution is 5.12. The fourth-order valence-electron chi connectivity index (χ4n) is 6.53. The molecule has 0 spiro atoms. The van der Waals surface area contributed by atoms with Gasteiger partial charge >= 0.3 is 0 Å². The van der Waals surface area contributed by atoms with Crippen LogP contribution in [0.5, 0.6) is 0 Å². The lowest BCUT2D eigenvalue weighted by Gasteiger charge is -2.57. The number of nitrogens with zero attached hydrogens (tertiary/aromatic N) is 1. The number of hydrogen-bond acceptors (Lipinski definition) is 1. The van der Waals surface area contributed by atoms with Crippen molar-refractivity contribution in [2.24, 2.45) is 34.5 Å². The standard InChI is InChI=1S/C18H28NO/c1-17-8-3-4-15(17)14-6-5-13-12-19(20)11-10-18(13,2)16(14)7-9-17/h10-11,13-16H,3-9,12H2,1-2H3/q+1/t13?,14-,15-,16-,17-,18-/m0/s1. The summed E-state index contributed by atoms with van der Waals surface area (Å²) in [5, 5.41) is 0. The quantitative estimate of drug-likeness (QED) is 0.594. The Morgan fingerprint density at radius 3 is 2.75 bits per heavy atom. The van der Waals surface area contributed by atoms with Gasteiger partial charge in [-0.05, 0) is 67.8 Å². The van der Waals surface area contributed by atoms with Crippen LogP contribution < -0.4 is 0 Å². The van der Waals surface area contributed by atoms with Crippen molar-refractivity contribution in [3.05, 3.63) is 17.2 Å². The van der Waals surface area contributed by atoms with E-state index in [1.54, 1.807) is 0 Å². The van der Waals surface area contributed by atoms with Crippen molar-refractivity contribution in [1.29, 1.82) is 0 Å². The fraction of sp³-hybridized carbons (Fsp3) is 0.889. The second-order valence-electron chi connectivity index (χ2n) is 8.52. The Hall–Kier alpha value is -0.660. The molecule has 2 nitrogen and oxygen atoms in total. The fourth-order valence-corrected chi connectivity index (χ4v) is 6.53. The molecule has 3 aliphatic carbocycles. The maximum Gasteiger partial charge on any atom is 0.217 e. The molecule has 3 saturated carbocycles. The molecule has 6 atom stereocenters. The number of hydrogen-bond donors (Lipinski definition) is 0. The van der Waals surface area contributed by atoms with Crippen molar-refractivity contribution in [3.63, 3.8) is 0 Å². The first-order chi connectivity index (χ1) is 9.53. The molecule has 4 aliphatic rings. The van der Waals surface area contributed by atoms with E-state index < -0.39 is 0 Å². The van der Waals surface area contributed by atoms with Crippen LogP contribution in [0.4, 0.5) is 0 Å². The smallest absolute Gasteiger partial charge is 0.0594 e. The van der Waals surface area contributed by atoms with Gasteiger partial charge in [0.2, 0.25) is 12.7 Å². The number of rotatable bonds is 0. The summed E-state index contributed by atoms with van der Waals surface area (Å²) in [5.74, 6) is 3.33. The zero-order valence-electron chi connectivity index (χ0n) is 13.0. The third-order valence-electron chi connectivity index (χ3n) is 7.75. The summed E-state index contributed by atoms with van der Waals surface area (Å²) >= 11 is 0. The predicted octanol–water partition coefficient (Wildman–Crippen LogP) is 4.54. The lowest BCUT2D eigenvalue weighted by atomic mass is 9.47. The number of nitroso groups, excluding NO2 is 1. The van der Waals surface area contributed by atoms with Gasteiger partial charge in [0.05, 0.1) is 0 Å². The Morgan fingerprint density at radius 1 is 1.05 bits per heavy atom. The summed E-state index contributed by atoms with van der Waals surface area (Å²) in [6.45, 7) is 5.75. The van der Waals surface area contributed by atoms with Gasteiger partial charge < -0.3 is 0 Å². The minimum absolute atomic E-state index is 0.299. The van der Waals surface area contributed by atoms with Crippen molar-refractivity contribution in [3.8, 4) is 0 Å². The largest absolute Gasteiger partial charge is 0.217 e. The minimum Gasteiger partial charge on any atom is -0.0594 e. The average molecular weight is 274 g/mol. The van der Waals surface area contributed by atoms with Crippen molar-refractivity contribution in [2.45, 2.75) is 58.8 Å². The summed E-state index contributed by atoms with van der Waals surface area (Å²) < 4.78 is 1.16. The SMILES string of the molecule is C[C@@]12CCC[C@H]1[C@@H]1CCC3C[N+](=O)C=C[C@]3(C)[C@H]1CC2. The van der Waals surface area contributed by atoms with Crippen LogP contribution in [0.3, 0.4) is 0 Å². The molecule has 0 aromatic carbocycles. The Balaban J connectivity index is 1.68. The first-order valence-electron chi connectivity index (χ1n) is 8.66. The highest BCUT2D eigenvalue weighted by atomic mass is 16.3. The lowest BCUT2D eigenvalue weighted by Crippen LogP contribution is -2.52. The third-order valence-corrected chi connectivity index (χ3v) is 7.75. The van der Waals surface area contributed by atoms with Gasteiger partial charge in [-0.2, -0.15) is 0 Å². The van der Waals surface area contributed by atoms with E-state index >= 15 is 0 Å². The minimum atomic E-state index is 0.299. The van der Waals surface area contributed by atoms with E-state index in [2.05, 4.69) is 19.9 Å². The molecule has 1 aliphatic heterocycles. The summed E-state index contributed by atoms with van der Waals surface area (Å²) in [5.41, 5.74) is 0.945. The van der Waals surface area contributed by atoms with E-state index in [1.807, 2.05) is 6.20 Å². The highest BCUT2D eigenvalue weighted by Crippen LogP contribution is 2.64. The zero-order chi connectivity index (χ0) is 14.0. The van der Waals surface area contributed by atoms with Crippen molar-refractivity contribution >= 4 is 0 Å². The van der Waals surface area contributed by atoms with Gasteiger partial charge in [0, 0.05) is 21.0 Å². The van der Waals surface area contributed by atoms with Gasteiger partial charge in [-0.15, -0.1) is 0 Å². The molecule has 2 heteroatoms. The average Bonchev–Trinajstić information content (AvgIpc) is 2.81. The first kappa shape index (κ1) is 13.0. The molecule has 0 saturated heterocycles. The topological polar surface area (TPSA) is 20.1 Å². The van der Waals surface area contributed by atoms with E-state index in [9.17, 15) is 4.91 Å². The van der Waals surface area contributed by atoms with Crippen LogP contribution in [-0.2, 0) is 0 Å². The van der Waals surface area contributed by atoms with E-state index in [4.69, 9.17) is 0 Å². The molecule has 3 fully saturated rings. The third kappa shape index (κ3) is 1.63. The van der Waals surface area contributed by atoms with Crippen LogP contribution in [0.25, 0.3) is 0 Å². The second-order valence-corrected chi connectivity index (χ2v) is 8.52. The molecule has 1 heterocycles. The van der Waals surface area contributed by atoms with Crippen LogP contribution in [0.1, 0.15) is 58.8 Å². The van der Waals surface area contributed by atoms with Crippen LogP contribution in [0.15, 0.2) is 12.3 Å². The molecule has 0 bridgehead atoms. The number of allylic oxidation sites excluding steroid dienone is 1. The Morgan fingerprint density at radius 2 is 1.90 bits per heavy atom. The molecular weight excluding hydrogens is 246 g/mol. The Labute approximate surface area is 122 Å². The lowest BCUT2D eigenvalue weighted by molar-refractivity contribution is -0.500. The molecule has 0 amide bonds. The van der Waals surface area contributed by atoms with E-state index in [0.29, 0.717) is 16.7 Å². The molecular formula is C18H28NO+. The maximum atomic E-state index is 11.7. The van der Waals surface area contributed by atoms with Gasteiger partial charge in [0.15, 0.2) is 0 Å². The molecule has 4 rings (SSSR count). The molecule has 1 unspecified atom stereocenters. The van der Waals surface area contributed by atoms with Crippen LogP contribution >= 0.6 is 0 Å². The van der Waals surface area contributed by atoms with Gasteiger partial charge in [-0.25, -0.2) is 0 Å². The summed E-state index contributed by atoms with van der Waals surface area (Å²) in [7, 11) is 0. The summed E-state index contributed by atoms with van der Waals surface area (Å²) in [6, 6.07) is 0. The van der Waals surface area contributed by atoms with Crippen molar-refractivity contribution in [2.75, 3.05) is 6.54 Å². The van der Waals surface area contributed by atoms with Crippen LogP contribution in [0, 0.1) is 39.4 Å². The van der Waals surface area contributed by atoms with Gasteiger partial charge in [0.1, 0.15) is 0 Å². The first-order valence-corrected chi connectivity index (χ1v) is 8.66. The molecule has 0 N–H and O–H groups in total. The maximum absolute atomic E-state index is 11.7. The van der Waals surface area contributed by atoms with E-state index in [-0.39, 0.29) is 0 Å². The molecule has 0 radical (unpaired) electrons. The predicted molar refractivity (Wildman–Crippen MR) is 80.1 cm³/mol. The summed E-state index contributed by atoms with van der Waals surface area (Å²) in [4.78, 5) is 11.7. The van der Waals surface area contributed by atoms with Gasteiger partial charge in [-0.3, -0.25) is 0 Å². The monoisotopic (exact) mass is 274 g/mol. The zero-order valence-corrected chi connectivity index (χ0v) is 13.0.